The van der Waals surface area contributed by atoms with Crippen molar-refractivity contribution in [2.45, 2.75) is 5.92 Å². The molecular formula is C20H16O2. The van der Waals surface area contributed by atoms with E-state index in [1.165, 1.54) is 0 Å². The number of aromatic hydroxyl groups is 1. The normalized spacial score (nSPS) is 10.6. The van der Waals surface area contributed by atoms with Crippen LogP contribution >= 0.6 is 0 Å². The third-order valence-electron chi connectivity index (χ3n) is 3.68. The molecule has 0 aliphatic heterocycles. The minimum absolute atomic E-state index is 0.0254. The number of hydrogen-bond acceptors (Lipinski definition) is 2. The van der Waals surface area contributed by atoms with E-state index in [4.69, 9.17) is 0 Å². The number of ketones is 1. The lowest BCUT2D eigenvalue weighted by Gasteiger charge is -2.17. The van der Waals surface area contributed by atoms with E-state index < -0.39 is 0 Å². The molecule has 0 amide bonds. The number of benzene rings is 3. The Morgan fingerprint density at radius 1 is 0.682 bits per heavy atom. The van der Waals surface area contributed by atoms with E-state index in [0.717, 1.165) is 11.1 Å². The molecule has 0 aliphatic rings. The second-order valence-electron chi connectivity index (χ2n) is 5.17. The van der Waals surface area contributed by atoms with Gasteiger partial charge in [0.15, 0.2) is 5.78 Å². The fourth-order valence-electron chi connectivity index (χ4n) is 2.58. The summed E-state index contributed by atoms with van der Waals surface area (Å²) < 4.78 is 0. The number of carbonyl (C=O) groups is 1. The number of phenols is 1. The summed E-state index contributed by atoms with van der Waals surface area (Å²) in [5.74, 6) is -0.156. The van der Waals surface area contributed by atoms with Crippen molar-refractivity contribution in [2.75, 3.05) is 0 Å². The van der Waals surface area contributed by atoms with Crippen molar-refractivity contribution in [2.24, 2.45) is 0 Å². The molecule has 0 bridgehead atoms. The fraction of sp³-hybridized carbons (Fsp3) is 0.0500. The average molecular weight is 288 g/mol. The van der Waals surface area contributed by atoms with Gasteiger partial charge in [-0.1, -0.05) is 60.7 Å². The van der Waals surface area contributed by atoms with E-state index in [1.807, 2.05) is 60.7 Å². The van der Waals surface area contributed by atoms with Crippen molar-refractivity contribution in [1.29, 1.82) is 0 Å². The largest absolute Gasteiger partial charge is 0.508 e. The summed E-state index contributed by atoms with van der Waals surface area (Å²) >= 11 is 0. The van der Waals surface area contributed by atoms with Crippen molar-refractivity contribution in [3.05, 3.63) is 102 Å². The molecule has 0 heterocycles. The van der Waals surface area contributed by atoms with E-state index in [2.05, 4.69) is 0 Å². The van der Waals surface area contributed by atoms with Gasteiger partial charge in [0.2, 0.25) is 0 Å². The van der Waals surface area contributed by atoms with Crippen LogP contribution in [-0.4, -0.2) is 10.9 Å². The van der Waals surface area contributed by atoms with E-state index in [-0.39, 0.29) is 17.5 Å². The molecule has 0 saturated heterocycles. The highest BCUT2D eigenvalue weighted by atomic mass is 16.3. The molecule has 108 valence electrons. The van der Waals surface area contributed by atoms with Gasteiger partial charge in [-0.2, -0.15) is 0 Å². The lowest BCUT2D eigenvalue weighted by atomic mass is 9.85. The van der Waals surface area contributed by atoms with Gasteiger partial charge in [-0.25, -0.2) is 0 Å². The first-order chi connectivity index (χ1) is 10.8. The molecule has 0 radical (unpaired) electrons. The SMILES string of the molecule is O=C(c1ccc(O)cc1)C(c1ccccc1)c1ccccc1. The van der Waals surface area contributed by atoms with Gasteiger partial charge in [0.25, 0.3) is 0 Å². The Labute approximate surface area is 129 Å². The number of Topliss-reactive ketones (excluding diaryl/α,β-unsaturated/α-hetero) is 1. The lowest BCUT2D eigenvalue weighted by molar-refractivity contribution is 0.0974. The van der Waals surface area contributed by atoms with E-state index in [1.54, 1.807) is 24.3 Å². The minimum atomic E-state index is -0.341. The Bertz CT molecular complexity index is 707. The maximum atomic E-state index is 13.0. The summed E-state index contributed by atoms with van der Waals surface area (Å²) in [6.45, 7) is 0. The average Bonchev–Trinajstić information content (AvgIpc) is 2.57. The van der Waals surface area contributed by atoms with Gasteiger partial charge < -0.3 is 5.11 Å². The fourth-order valence-corrected chi connectivity index (χ4v) is 2.58. The molecule has 3 aromatic carbocycles. The van der Waals surface area contributed by atoms with Crippen LogP contribution in [0.3, 0.4) is 0 Å². The third-order valence-corrected chi connectivity index (χ3v) is 3.68. The quantitative estimate of drug-likeness (QED) is 0.722. The van der Waals surface area contributed by atoms with Crippen LogP contribution < -0.4 is 0 Å². The molecule has 0 unspecified atom stereocenters. The van der Waals surface area contributed by atoms with Gasteiger partial charge in [0.1, 0.15) is 5.75 Å². The molecule has 3 rings (SSSR count). The molecule has 0 saturated carbocycles. The van der Waals surface area contributed by atoms with Crippen LogP contribution in [0.15, 0.2) is 84.9 Å². The summed E-state index contributed by atoms with van der Waals surface area (Å²) in [5, 5.41) is 9.40. The van der Waals surface area contributed by atoms with Crippen LogP contribution in [0, 0.1) is 0 Å². The highest BCUT2D eigenvalue weighted by Crippen LogP contribution is 2.28. The van der Waals surface area contributed by atoms with Crippen LogP contribution in [0.25, 0.3) is 0 Å². The molecule has 0 spiro atoms. The predicted molar refractivity (Wildman–Crippen MR) is 87.2 cm³/mol. The zero-order valence-corrected chi connectivity index (χ0v) is 12.0. The highest BCUT2D eigenvalue weighted by Gasteiger charge is 2.23. The second kappa shape index (κ2) is 6.27. The van der Waals surface area contributed by atoms with Gasteiger partial charge in [0, 0.05) is 5.56 Å². The predicted octanol–water partition coefficient (Wildman–Crippen LogP) is 4.41. The van der Waals surface area contributed by atoms with Gasteiger partial charge in [-0.3, -0.25) is 4.79 Å². The standard InChI is InChI=1S/C20H16O2/c21-18-13-11-17(12-14-18)20(22)19(15-7-3-1-4-8-15)16-9-5-2-6-10-16/h1-14,19,21H. The zero-order chi connectivity index (χ0) is 15.4. The number of hydrogen-bond donors (Lipinski definition) is 1. The van der Waals surface area contributed by atoms with Crippen molar-refractivity contribution in [3.63, 3.8) is 0 Å². The Kier molecular flexibility index (Phi) is 4.01. The first-order valence-electron chi connectivity index (χ1n) is 7.19. The third kappa shape index (κ3) is 2.91. The van der Waals surface area contributed by atoms with E-state index >= 15 is 0 Å². The maximum absolute atomic E-state index is 13.0. The Hall–Kier alpha value is -2.87. The summed E-state index contributed by atoms with van der Waals surface area (Å²) in [6.07, 6.45) is 0. The Morgan fingerprint density at radius 3 is 1.59 bits per heavy atom. The molecule has 2 nitrogen and oxygen atoms in total. The first kappa shape index (κ1) is 14.1. The van der Waals surface area contributed by atoms with E-state index in [9.17, 15) is 9.90 Å². The lowest BCUT2D eigenvalue weighted by Crippen LogP contribution is -2.14. The number of carbonyl (C=O) groups excluding carboxylic acids is 1. The minimum Gasteiger partial charge on any atom is -0.508 e. The molecule has 22 heavy (non-hydrogen) atoms. The summed E-state index contributed by atoms with van der Waals surface area (Å²) in [7, 11) is 0. The molecule has 1 N–H and O–H groups in total. The number of phenolic OH excluding ortho intramolecular Hbond substituents is 1. The van der Waals surface area contributed by atoms with Crippen LogP contribution in [0.1, 0.15) is 27.4 Å². The first-order valence-corrected chi connectivity index (χ1v) is 7.19. The van der Waals surface area contributed by atoms with Crippen LogP contribution in [-0.2, 0) is 0 Å². The van der Waals surface area contributed by atoms with Crippen molar-refractivity contribution in [3.8, 4) is 5.75 Å². The topological polar surface area (TPSA) is 37.3 Å². The highest BCUT2D eigenvalue weighted by molar-refractivity contribution is 6.03. The molecule has 2 heteroatoms. The van der Waals surface area contributed by atoms with Crippen LogP contribution in [0.2, 0.25) is 0 Å². The Morgan fingerprint density at radius 2 is 1.14 bits per heavy atom. The van der Waals surface area contributed by atoms with Crippen molar-refractivity contribution < 1.29 is 9.90 Å². The summed E-state index contributed by atoms with van der Waals surface area (Å²) in [5.41, 5.74) is 2.52. The zero-order valence-electron chi connectivity index (χ0n) is 12.0. The monoisotopic (exact) mass is 288 g/mol. The number of rotatable bonds is 4. The van der Waals surface area contributed by atoms with Gasteiger partial charge in [-0.15, -0.1) is 0 Å². The summed E-state index contributed by atoms with van der Waals surface area (Å²) in [6, 6.07) is 25.9. The van der Waals surface area contributed by atoms with Gasteiger partial charge in [-0.05, 0) is 35.4 Å². The molecule has 3 aromatic rings. The summed E-state index contributed by atoms with van der Waals surface area (Å²) in [4.78, 5) is 13.0. The van der Waals surface area contributed by atoms with Crippen molar-refractivity contribution in [1.82, 2.24) is 0 Å². The maximum Gasteiger partial charge on any atom is 0.174 e. The molecule has 0 fully saturated rings. The molecular weight excluding hydrogens is 272 g/mol. The smallest absolute Gasteiger partial charge is 0.174 e. The molecule has 0 aliphatic carbocycles. The van der Waals surface area contributed by atoms with Crippen LogP contribution in [0.5, 0.6) is 5.75 Å². The van der Waals surface area contributed by atoms with Gasteiger partial charge >= 0.3 is 0 Å². The molecule has 0 aromatic heterocycles. The molecule has 0 atom stereocenters. The van der Waals surface area contributed by atoms with Crippen molar-refractivity contribution >= 4 is 5.78 Å². The van der Waals surface area contributed by atoms with Crippen LogP contribution in [0.4, 0.5) is 0 Å². The second-order valence-corrected chi connectivity index (χ2v) is 5.17. The van der Waals surface area contributed by atoms with E-state index in [0.29, 0.717) is 5.56 Å². The Balaban J connectivity index is 2.06. The van der Waals surface area contributed by atoms with Gasteiger partial charge in [0.05, 0.1) is 5.92 Å².